The summed E-state index contributed by atoms with van der Waals surface area (Å²) < 4.78 is 15.3. The Morgan fingerprint density at radius 2 is 1.65 bits per heavy atom. The normalized spacial score (nSPS) is 11.8. The molecule has 0 saturated carbocycles. The lowest BCUT2D eigenvalue weighted by Gasteiger charge is -2.15. The van der Waals surface area contributed by atoms with Gasteiger partial charge in [-0.2, -0.15) is 0 Å². The van der Waals surface area contributed by atoms with E-state index >= 15 is 0 Å². The maximum absolute atomic E-state index is 13.5. The highest BCUT2D eigenvalue weighted by molar-refractivity contribution is 5.77. The summed E-state index contributed by atoms with van der Waals surface area (Å²) in [7, 11) is 0. The lowest BCUT2D eigenvalue weighted by Crippen LogP contribution is -2.09. The zero-order valence-electron chi connectivity index (χ0n) is 18.6. The van der Waals surface area contributed by atoms with Gasteiger partial charge in [0.2, 0.25) is 0 Å². The van der Waals surface area contributed by atoms with Crippen LogP contribution < -0.4 is 5.32 Å². The molecule has 0 amide bonds. The van der Waals surface area contributed by atoms with Crippen molar-refractivity contribution in [2.75, 3.05) is 5.32 Å². The summed E-state index contributed by atoms with van der Waals surface area (Å²) >= 11 is 0. The van der Waals surface area contributed by atoms with Crippen molar-refractivity contribution in [2.24, 2.45) is 0 Å². The highest BCUT2D eigenvalue weighted by Crippen LogP contribution is 2.30. The van der Waals surface area contributed by atoms with Gasteiger partial charge in [0.1, 0.15) is 17.3 Å². The third-order valence-corrected chi connectivity index (χ3v) is 5.63. The van der Waals surface area contributed by atoms with Gasteiger partial charge in [-0.15, -0.1) is 5.10 Å². The van der Waals surface area contributed by atoms with Crippen LogP contribution in [0.1, 0.15) is 24.1 Å². The molecule has 0 aliphatic rings. The number of benzene rings is 2. The largest absolute Gasteiger partial charge is 0.364 e. The standard InChI is InChI=1S/C27H23FN6/c1-19(21-5-3-2-4-6-21)31-25-17-20(11-16-30-25)18-34-27(23-12-14-29-15-13-23)26(32-33-34)22-7-9-24(28)10-8-22/h2-17,19H,18H2,1H3,(H,30,31)/t19-/m1/s1. The van der Waals surface area contributed by atoms with Gasteiger partial charge in [0, 0.05) is 35.8 Å². The van der Waals surface area contributed by atoms with Crippen molar-refractivity contribution in [1.82, 2.24) is 25.0 Å². The van der Waals surface area contributed by atoms with E-state index in [0.29, 0.717) is 12.2 Å². The van der Waals surface area contributed by atoms with Crippen LogP contribution in [0.15, 0.2) is 97.5 Å². The van der Waals surface area contributed by atoms with Crippen LogP contribution in [0, 0.1) is 5.82 Å². The summed E-state index contributed by atoms with van der Waals surface area (Å²) in [5.41, 5.74) is 5.49. The van der Waals surface area contributed by atoms with Crippen LogP contribution in [-0.2, 0) is 6.54 Å². The molecule has 0 spiro atoms. The Hall–Kier alpha value is -4.39. The van der Waals surface area contributed by atoms with Crippen LogP contribution in [0.4, 0.5) is 10.2 Å². The minimum Gasteiger partial charge on any atom is -0.364 e. The molecule has 0 radical (unpaired) electrons. The van der Waals surface area contributed by atoms with Crippen molar-refractivity contribution >= 4 is 5.82 Å². The fourth-order valence-corrected chi connectivity index (χ4v) is 3.89. The highest BCUT2D eigenvalue weighted by Gasteiger charge is 2.17. The van der Waals surface area contributed by atoms with Crippen LogP contribution in [0.25, 0.3) is 22.5 Å². The minimum absolute atomic E-state index is 0.118. The van der Waals surface area contributed by atoms with E-state index < -0.39 is 0 Å². The second-order valence-electron chi connectivity index (χ2n) is 8.01. The van der Waals surface area contributed by atoms with Crippen LogP contribution in [0.5, 0.6) is 0 Å². The number of nitrogens with zero attached hydrogens (tertiary/aromatic N) is 5. The highest BCUT2D eigenvalue weighted by atomic mass is 19.1. The maximum atomic E-state index is 13.5. The molecule has 5 aromatic rings. The van der Waals surface area contributed by atoms with Gasteiger partial charge in [-0.1, -0.05) is 35.5 Å². The van der Waals surface area contributed by atoms with E-state index in [1.807, 2.05) is 47.1 Å². The van der Waals surface area contributed by atoms with E-state index in [0.717, 1.165) is 28.2 Å². The van der Waals surface area contributed by atoms with E-state index in [1.54, 1.807) is 30.7 Å². The zero-order chi connectivity index (χ0) is 23.3. The molecule has 1 N–H and O–H groups in total. The molecule has 168 valence electrons. The Morgan fingerprint density at radius 1 is 0.882 bits per heavy atom. The molecule has 2 aromatic carbocycles. The molecule has 0 saturated heterocycles. The molecule has 1 atom stereocenters. The van der Waals surface area contributed by atoms with Crippen LogP contribution in [0.3, 0.4) is 0 Å². The smallest absolute Gasteiger partial charge is 0.126 e. The molecule has 6 nitrogen and oxygen atoms in total. The van der Waals surface area contributed by atoms with Gasteiger partial charge >= 0.3 is 0 Å². The van der Waals surface area contributed by atoms with Gasteiger partial charge in [0.15, 0.2) is 0 Å². The van der Waals surface area contributed by atoms with Crippen molar-refractivity contribution in [3.63, 3.8) is 0 Å². The summed E-state index contributed by atoms with van der Waals surface area (Å²) in [6, 6.07) is 24.5. The monoisotopic (exact) mass is 450 g/mol. The fourth-order valence-electron chi connectivity index (χ4n) is 3.89. The average Bonchev–Trinajstić information content (AvgIpc) is 3.29. The SMILES string of the molecule is C[C@@H](Nc1cc(Cn2nnc(-c3ccc(F)cc3)c2-c2ccncc2)ccn1)c1ccccc1. The Balaban J connectivity index is 1.46. The van der Waals surface area contributed by atoms with Crippen LogP contribution >= 0.6 is 0 Å². The average molecular weight is 451 g/mol. The molecular weight excluding hydrogens is 427 g/mol. The van der Waals surface area contributed by atoms with Crippen LogP contribution in [0.2, 0.25) is 0 Å². The molecule has 3 heterocycles. The predicted molar refractivity (Wildman–Crippen MR) is 130 cm³/mol. The summed E-state index contributed by atoms with van der Waals surface area (Å²) in [6.45, 7) is 2.61. The number of nitrogens with one attached hydrogen (secondary N) is 1. The number of rotatable bonds is 7. The second-order valence-corrected chi connectivity index (χ2v) is 8.01. The van der Waals surface area contributed by atoms with E-state index in [-0.39, 0.29) is 11.9 Å². The Bertz CT molecular complexity index is 1370. The number of aromatic nitrogens is 5. The van der Waals surface area contributed by atoms with Gasteiger partial charge in [-0.05, 0) is 66.6 Å². The van der Waals surface area contributed by atoms with Crippen LogP contribution in [-0.4, -0.2) is 25.0 Å². The van der Waals surface area contributed by atoms with Crippen molar-refractivity contribution in [2.45, 2.75) is 19.5 Å². The molecule has 0 unspecified atom stereocenters. The summed E-state index contributed by atoms with van der Waals surface area (Å²) in [4.78, 5) is 8.62. The molecule has 0 bridgehead atoms. The van der Waals surface area contributed by atoms with Gasteiger partial charge < -0.3 is 5.32 Å². The van der Waals surface area contributed by atoms with Gasteiger partial charge in [0.05, 0.1) is 12.2 Å². The third kappa shape index (κ3) is 4.68. The lowest BCUT2D eigenvalue weighted by molar-refractivity contribution is 0.628. The first kappa shape index (κ1) is 21.5. The molecular formula is C27H23FN6. The van der Waals surface area contributed by atoms with E-state index in [1.165, 1.54) is 17.7 Å². The summed E-state index contributed by atoms with van der Waals surface area (Å²) in [5.74, 6) is 0.501. The fraction of sp³-hybridized carbons (Fsp3) is 0.111. The maximum Gasteiger partial charge on any atom is 0.126 e. The Labute approximate surface area is 197 Å². The van der Waals surface area contributed by atoms with Crippen molar-refractivity contribution < 1.29 is 4.39 Å². The lowest BCUT2D eigenvalue weighted by atomic mass is 10.1. The number of hydrogen-bond acceptors (Lipinski definition) is 5. The summed E-state index contributed by atoms with van der Waals surface area (Å²) in [6.07, 6.45) is 5.26. The second kappa shape index (κ2) is 9.62. The van der Waals surface area contributed by atoms with Gasteiger partial charge in [-0.25, -0.2) is 14.1 Å². The first-order valence-electron chi connectivity index (χ1n) is 11.0. The number of pyridine rings is 2. The predicted octanol–water partition coefficient (Wildman–Crippen LogP) is 5.76. The Kier molecular flexibility index (Phi) is 6.07. The van der Waals surface area contributed by atoms with E-state index in [2.05, 4.69) is 44.7 Å². The molecule has 0 aliphatic heterocycles. The molecule has 7 heteroatoms. The number of halogens is 1. The Morgan fingerprint density at radius 3 is 2.41 bits per heavy atom. The number of anilines is 1. The van der Waals surface area contributed by atoms with Gasteiger partial charge in [0.25, 0.3) is 0 Å². The van der Waals surface area contributed by atoms with Gasteiger partial charge in [-0.3, -0.25) is 4.98 Å². The molecule has 0 fully saturated rings. The van der Waals surface area contributed by atoms with Crippen molar-refractivity contribution in [3.8, 4) is 22.5 Å². The van der Waals surface area contributed by atoms with E-state index in [4.69, 9.17) is 0 Å². The molecule has 3 aromatic heterocycles. The topological polar surface area (TPSA) is 68.5 Å². The van der Waals surface area contributed by atoms with Crippen molar-refractivity contribution in [1.29, 1.82) is 0 Å². The molecule has 0 aliphatic carbocycles. The van der Waals surface area contributed by atoms with Crippen molar-refractivity contribution in [3.05, 3.63) is 114 Å². The minimum atomic E-state index is -0.289. The molecule has 5 rings (SSSR count). The third-order valence-electron chi connectivity index (χ3n) is 5.63. The molecule has 34 heavy (non-hydrogen) atoms. The summed E-state index contributed by atoms with van der Waals surface area (Å²) in [5, 5.41) is 12.3. The van der Waals surface area contributed by atoms with E-state index in [9.17, 15) is 4.39 Å². The zero-order valence-corrected chi connectivity index (χ0v) is 18.6. The quantitative estimate of drug-likeness (QED) is 0.341. The number of hydrogen-bond donors (Lipinski definition) is 1. The first-order chi connectivity index (χ1) is 16.7. The first-order valence-corrected chi connectivity index (χ1v) is 11.0.